The van der Waals surface area contributed by atoms with Crippen LogP contribution < -0.4 is 10.6 Å². The Morgan fingerprint density at radius 1 is 1.23 bits per heavy atom. The fourth-order valence-electron chi connectivity index (χ4n) is 1.79. The van der Waals surface area contributed by atoms with Crippen LogP contribution in [0, 0.1) is 0 Å². The summed E-state index contributed by atoms with van der Waals surface area (Å²) in [6.07, 6.45) is 3.62. The van der Waals surface area contributed by atoms with E-state index < -0.39 is 0 Å². The van der Waals surface area contributed by atoms with E-state index in [9.17, 15) is 0 Å². The molecule has 0 saturated heterocycles. The van der Waals surface area contributed by atoms with Crippen molar-refractivity contribution < 1.29 is 0 Å². The lowest BCUT2D eigenvalue weighted by Gasteiger charge is -2.11. The Balaban J connectivity index is 0.00000242. The molecule has 6 nitrogen and oxygen atoms in total. The molecule has 0 bridgehead atoms. The summed E-state index contributed by atoms with van der Waals surface area (Å²) in [7, 11) is 3.62. The molecule has 0 fully saturated rings. The Morgan fingerprint density at radius 3 is 2.45 bits per heavy atom. The lowest BCUT2D eigenvalue weighted by atomic mass is 10.2. The standard InChI is InChI=1S/C14H20N6S.HI/c1-15-14(17-9-13-18-10-19-20(13)2)16-8-11-4-6-12(21-3)7-5-11;/h4-7,10H,8-9H2,1-3H3,(H2,15,16,17);1H. The summed E-state index contributed by atoms with van der Waals surface area (Å²) in [5, 5.41) is 10.5. The van der Waals surface area contributed by atoms with Crippen LogP contribution in [0.15, 0.2) is 40.5 Å². The molecule has 22 heavy (non-hydrogen) atoms. The first kappa shape index (κ1) is 18.8. The highest BCUT2D eigenvalue weighted by Crippen LogP contribution is 2.14. The highest BCUT2D eigenvalue weighted by molar-refractivity contribution is 14.0. The lowest BCUT2D eigenvalue weighted by molar-refractivity contribution is 0.672. The number of rotatable bonds is 5. The van der Waals surface area contributed by atoms with E-state index >= 15 is 0 Å². The van der Waals surface area contributed by atoms with Crippen molar-refractivity contribution in [3.63, 3.8) is 0 Å². The van der Waals surface area contributed by atoms with E-state index in [2.05, 4.69) is 56.2 Å². The zero-order valence-electron chi connectivity index (χ0n) is 12.9. The molecule has 1 aromatic carbocycles. The highest BCUT2D eigenvalue weighted by Gasteiger charge is 2.02. The van der Waals surface area contributed by atoms with Gasteiger partial charge in [-0.2, -0.15) is 5.10 Å². The van der Waals surface area contributed by atoms with Crippen LogP contribution in [0.1, 0.15) is 11.4 Å². The van der Waals surface area contributed by atoms with E-state index in [1.165, 1.54) is 10.5 Å². The minimum Gasteiger partial charge on any atom is -0.352 e. The average molecular weight is 432 g/mol. The third kappa shape index (κ3) is 5.48. The van der Waals surface area contributed by atoms with Crippen LogP contribution in [0.25, 0.3) is 0 Å². The summed E-state index contributed by atoms with van der Waals surface area (Å²) in [5.74, 6) is 1.61. The number of aromatic nitrogens is 3. The minimum absolute atomic E-state index is 0. The normalized spacial score (nSPS) is 11.0. The molecule has 0 saturated carbocycles. The number of hydrogen-bond acceptors (Lipinski definition) is 4. The monoisotopic (exact) mass is 432 g/mol. The number of nitrogens with one attached hydrogen (secondary N) is 2. The van der Waals surface area contributed by atoms with Crippen molar-refractivity contribution in [1.29, 1.82) is 0 Å². The SMILES string of the molecule is CN=C(NCc1ccc(SC)cc1)NCc1ncnn1C.I. The summed E-state index contributed by atoms with van der Waals surface area (Å²) in [6, 6.07) is 8.48. The summed E-state index contributed by atoms with van der Waals surface area (Å²) >= 11 is 1.74. The van der Waals surface area contributed by atoms with Crippen molar-refractivity contribution >= 4 is 41.7 Å². The maximum Gasteiger partial charge on any atom is 0.191 e. The fraction of sp³-hybridized carbons (Fsp3) is 0.357. The Labute approximate surface area is 152 Å². The molecule has 2 rings (SSSR count). The maximum atomic E-state index is 4.20. The second-order valence-corrected chi connectivity index (χ2v) is 5.31. The smallest absolute Gasteiger partial charge is 0.191 e. The molecule has 0 aliphatic heterocycles. The number of benzene rings is 1. The van der Waals surface area contributed by atoms with Crippen LogP contribution in [0.2, 0.25) is 0 Å². The molecule has 2 N–H and O–H groups in total. The van der Waals surface area contributed by atoms with Gasteiger partial charge in [-0.15, -0.1) is 35.7 Å². The zero-order valence-corrected chi connectivity index (χ0v) is 16.1. The molecular formula is C14H21IN6S. The predicted molar refractivity (Wildman–Crippen MR) is 102 cm³/mol. The van der Waals surface area contributed by atoms with E-state index in [4.69, 9.17) is 0 Å². The second-order valence-electron chi connectivity index (χ2n) is 4.43. The van der Waals surface area contributed by atoms with Crippen LogP contribution in [-0.2, 0) is 20.1 Å². The van der Waals surface area contributed by atoms with Crippen LogP contribution in [0.3, 0.4) is 0 Å². The van der Waals surface area contributed by atoms with Gasteiger partial charge in [-0.05, 0) is 24.0 Å². The largest absolute Gasteiger partial charge is 0.352 e. The quantitative estimate of drug-likeness (QED) is 0.328. The van der Waals surface area contributed by atoms with E-state index in [1.54, 1.807) is 29.8 Å². The Morgan fingerprint density at radius 2 is 1.91 bits per heavy atom. The highest BCUT2D eigenvalue weighted by atomic mass is 127. The minimum atomic E-state index is 0. The van der Waals surface area contributed by atoms with Crippen molar-refractivity contribution in [3.8, 4) is 0 Å². The van der Waals surface area contributed by atoms with Gasteiger partial charge in [-0.3, -0.25) is 9.67 Å². The molecule has 1 aromatic heterocycles. The molecule has 0 radical (unpaired) electrons. The molecule has 0 aliphatic carbocycles. The summed E-state index contributed by atoms with van der Waals surface area (Å²) in [5.41, 5.74) is 1.22. The number of thioether (sulfide) groups is 1. The van der Waals surface area contributed by atoms with Gasteiger partial charge in [0.15, 0.2) is 5.96 Å². The van der Waals surface area contributed by atoms with Crippen molar-refractivity contribution in [1.82, 2.24) is 25.4 Å². The predicted octanol–water partition coefficient (Wildman–Crippen LogP) is 2.02. The van der Waals surface area contributed by atoms with Crippen LogP contribution >= 0.6 is 35.7 Å². The second kappa shape index (κ2) is 9.67. The summed E-state index contributed by atoms with van der Waals surface area (Å²) in [6.45, 7) is 1.31. The topological polar surface area (TPSA) is 67.1 Å². The molecular weight excluding hydrogens is 411 g/mol. The molecule has 0 aliphatic rings. The number of aryl methyl sites for hydroxylation is 1. The fourth-order valence-corrected chi connectivity index (χ4v) is 2.20. The Bertz CT molecular complexity index is 596. The first-order valence-electron chi connectivity index (χ1n) is 6.63. The van der Waals surface area contributed by atoms with Crippen LogP contribution in [0.4, 0.5) is 0 Å². The zero-order chi connectivity index (χ0) is 15.1. The molecule has 8 heteroatoms. The third-order valence-corrected chi connectivity index (χ3v) is 3.81. The first-order chi connectivity index (χ1) is 10.2. The van der Waals surface area contributed by atoms with Gasteiger partial charge in [0.25, 0.3) is 0 Å². The summed E-state index contributed by atoms with van der Waals surface area (Å²) in [4.78, 5) is 9.63. The lowest BCUT2D eigenvalue weighted by Crippen LogP contribution is -2.36. The van der Waals surface area contributed by atoms with Gasteiger partial charge in [-0.25, -0.2) is 4.98 Å². The van der Waals surface area contributed by atoms with Crippen molar-refractivity contribution in [3.05, 3.63) is 42.0 Å². The van der Waals surface area contributed by atoms with Crippen LogP contribution in [-0.4, -0.2) is 34.0 Å². The van der Waals surface area contributed by atoms with Gasteiger partial charge in [0.05, 0.1) is 6.54 Å². The van der Waals surface area contributed by atoms with Crippen molar-refractivity contribution in [2.75, 3.05) is 13.3 Å². The first-order valence-corrected chi connectivity index (χ1v) is 7.85. The van der Waals surface area contributed by atoms with E-state index in [0.29, 0.717) is 6.54 Å². The number of nitrogens with zero attached hydrogens (tertiary/aromatic N) is 4. The number of hydrogen-bond donors (Lipinski definition) is 2. The number of guanidine groups is 1. The Hall–Kier alpha value is -1.29. The van der Waals surface area contributed by atoms with Gasteiger partial charge in [0.1, 0.15) is 12.2 Å². The maximum absolute atomic E-state index is 4.20. The average Bonchev–Trinajstić information content (AvgIpc) is 2.93. The molecule has 0 spiro atoms. The molecule has 120 valence electrons. The van der Waals surface area contributed by atoms with Gasteiger partial charge in [0.2, 0.25) is 0 Å². The molecule has 0 amide bonds. The number of aliphatic imine (C=N–C) groups is 1. The van der Waals surface area contributed by atoms with E-state index in [1.807, 2.05) is 7.05 Å². The summed E-state index contributed by atoms with van der Waals surface area (Å²) < 4.78 is 1.74. The van der Waals surface area contributed by atoms with Crippen LogP contribution in [0.5, 0.6) is 0 Å². The van der Waals surface area contributed by atoms with Crippen molar-refractivity contribution in [2.45, 2.75) is 18.0 Å². The van der Waals surface area contributed by atoms with Gasteiger partial charge >= 0.3 is 0 Å². The van der Waals surface area contributed by atoms with Gasteiger partial charge < -0.3 is 10.6 Å². The van der Waals surface area contributed by atoms with Gasteiger partial charge in [-0.1, -0.05) is 12.1 Å². The molecule has 1 heterocycles. The van der Waals surface area contributed by atoms with E-state index in [-0.39, 0.29) is 24.0 Å². The number of halogens is 1. The molecule has 0 atom stereocenters. The van der Waals surface area contributed by atoms with Crippen molar-refractivity contribution in [2.24, 2.45) is 12.0 Å². The Kier molecular flexibility index (Phi) is 8.25. The van der Waals surface area contributed by atoms with Gasteiger partial charge in [0, 0.05) is 25.5 Å². The molecule has 0 unspecified atom stereocenters. The molecule has 2 aromatic rings. The third-order valence-electron chi connectivity index (χ3n) is 3.06. The van der Waals surface area contributed by atoms with E-state index in [0.717, 1.165) is 18.3 Å².